The number of piperidine rings is 1. The van der Waals surface area contributed by atoms with Crippen LogP contribution in [0.25, 0.3) is 0 Å². The molecule has 0 radical (unpaired) electrons. The second-order valence-electron chi connectivity index (χ2n) is 4.79. The lowest BCUT2D eigenvalue weighted by atomic mass is 9.81. The van der Waals surface area contributed by atoms with Gasteiger partial charge in [-0.05, 0) is 33.0 Å². The quantitative estimate of drug-likeness (QED) is 0.649. The number of imidazole rings is 1. The molecule has 4 nitrogen and oxygen atoms in total. The Morgan fingerprint density at radius 3 is 3.00 bits per heavy atom. The van der Waals surface area contributed by atoms with Crippen LogP contribution >= 0.6 is 0 Å². The lowest BCUT2D eigenvalue weighted by Gasteiger charge is -2.43. The third-order valence-electron chi connectivity index (χ3n) is 3.85. The van der Waals surface area contributed by atoms with Crippen LogP contribution in [0.1, 0.15) is 24.2 Å². The molecule has 1 aromatic rings. The number of rotatable bonds is 0. The zero-order valence-corrected chi connectivity index (χ0v) is 9.21. The maximum atomic E-state index is 4.52. The summed E-state index contributed by atoms with van der Waals surface area (Å²) in [5.74, 6) is 0. The third kappa shape index (κ3) is 1.40. The second-order valence-corrected chi connectivity index (χ2v) is 4.79. The number of aromatic amines is 1. The number of H-pyrrole nitrogens is 1. The van der Waals surface area contributed by atoms with Gasteiger partial charge >= 0.3 is 0 Å². The van der Waals surface area contributed by atoms with E-state index in [1.54, 1.807) is 0 Å². The molecular weight excluding hydrogens is 188 g/mol. The van der Waals surface area contributed by atoms with Crippen molar-refractivity contribution in [3.8, 4) is 0 Å². The van der Waals surface area contributed by atoms with Gasteiger partial charge in [0.25, 0.3) is 0 Å². The van der Waals surface area contributed by atoms with Gasteiger partial charge in [-0.3, -0.25) is 0 Å². The summed E-state index contributed by atoms with van der Waals surface area (Å²) in [6.07, 6.45) is 5.30. The average Bonchev–Trinajstić information content (AvgIpc) is 2.72. The zero-order valence-electron chi connectivity index (χ0n) is 9.21. The molecule has 0 saturated carbocycles. The van der Waals surface area contributed by atoms with E-state index in [9.17, 15) is 0 Å². The highest BCUT2D eigenvalue weighted by atomic mass is 15.1. The monoisotopic (exact) mass is 206 g/mol. The van der Waals surface area contributed by atoms with Gasteiger partial charge in [0.2, 0.25) is 0 Å². The van der Waals surface area contributed by atoms with Gasteiger partial charge in [0.05, 0.1) is 17.6 Å². The summed E-state index contributed by atoms with van der Waals surface area (Å²) in [5.41, 5.74) is 2.79. The predicted molar refractivity (Wildman–Crippen MR) is 58.7 cm³/mol. The summed E-state index contributed by atoms with van der Waals surface area (Å²) in [4.78, 5) is 10.2. The summed E-state index contributed by atoms with van der Waals surface area (Å²) in [6.45, 7) is 3.41. The highest BCUT2D eigenvalue weighted by Crippen LogP contribution is 2.35. The molecule has 3 rings (SSSR count). The van der Waals surface area contributed by atoms with E-state index < -0.39 is 0 Å². The lowest BCUT2D eigenvalue weighted by molar-refractivity contribution is 0.146. The molecule has 0 aromatic carbocycles. The molecule has 4 heteroatoms. The molecule has 0 atom stereocenters. The minimum atomic E-state index is 0.167. The molecule has 2 aliphatic heterocycles. The van der Waals surface area contributed by atoms with Crippen molar-refractivity contribution in [2.24, 2.45) is 0 Å². The van der Waals surface area contributed by atoms with E-state index >= 15 is 0 Å². The van der Waals surface area contributed by atoms with Gasteiger partial charge in [0.15, 0.2) is 0 Å². The van der Waals surface area contributed by atoms with Crippen LogP contribution in [-0.4, -0.2) is 41.5 Å². The van der Waals surface area contributed by atoms with Crippen LogP contribution in [0.4, 0.5) is 0 Å². The number of aromatic nitrogens is 2. The summed E-state index contributed by atoms with van der Waals surface area (Å²) in [6, 6.07) is 0. The Bertz CT molecular complexity index is 349. The minimum absolute atomic E-state index is 0.167. The van der Waals surface area contributed by atoms with Crippen LogP contribution < -0.4 is 5.32 Å². The number of likely N-dealkylation sites (tertiary alicyclic amines) is 1. The molecule has 82 valence electrons. The van der Waals surface area contributed by atoms with Crippen LogP contribution in [0.5, 0.6) is 0 Å². The normalized spacial score (nSPS) is 25.4. The average molecular weight is 206 g/mol. The smallest absolute Gasteiger partial charge is 0.0926 e. The van der Waals surface area contributed by atoms with Gasteiger partial charge in [-0.1, -0.05) is 0 Å². The first kappa shape index (κ1) is 9.36. The van der Waals surface area contributed by atoms with E-state index in [4.69, 9.17) is 0 Å². The number of nitrogens with one attached hydrogen (secondary N) is 2. The molecule has 3 heterocycles. The van der Waals surface area contributed by atoms with E-state index in [2.05, 4.69) is 27.2 Å². The Balaban J connectivity index is 1.94. The van der Waals surface area contributed by atoms with Gasteiger partial charge in [-0.15, -0.1) is 0 Å². The first-order valence-corrected chi connectivity index (χ1v) is 5.76. The van der Waals surface area contributed by atoms with E-state index in [1.807, 2.05) is 6.33 Å². The lowest BCUT2D eigenvalue weighted by Crippen LogP contribution is -2.53. The van der Waals surface area contributed by atoms with Crippen molar-refractivity contribution in [2.75, 3.05) is 26.7 Å². The first-order valence-electron chi connectivity index (χ1n) is 5.76. The molecule has 0 aliphatic carbocycles. The van der Waals surface area contributed by atoms with Gasteiger partial charge < -0.3 is 15.2 Å². The number of hydrogen-bond acceptors (Lipinski definition) is 3. The van der Waals surface area contributed by atoms with Crippen molar-refractivity contribution in [1.82, 2.24) is 20.2 Å². The van der Waals surface area contributed by atoms with Crippen molar-refractivity contribution in [3.63, 3.8) is 0 Å². The van der Waals surface area contributed by atoms with Gasteiger partial charge in [0, 0.05) is 18.7 Å². The van der Waals surface area contributed by atoms with Crippen LogP contribution in [0.3, 0.4) is 0 Å². The van der Waals surface area contributed by atoms with Crippen LogP contribution in [-0.2, 0) is 12.0 Å². The number of hydrogen-bond donors (Lipinski definition) is 2. The van der Waals surface area contributed by atoms with Crippen molar-refractivity contribution in [1.29, 1.82) is 0 Å². The Morgan fingerprint density at radius 2 is 2.20 bits per heavy atom. The fraction of sp³-hybridized carbons (Fsp3) is 0.727. The third-order valence-corrected chi connectivity index (χ3v) is 3.85. The summed E-state index contributed by atoms with van der Waals surface area (Å²) in [5, 5.41) is 3.69. The molecule has 1 fully saturated rings. The molecule has 1 spiro atoms. The standard InChI is InChI=1S/C11H18N4/c1-15-6-3-11(4-7-15)10-9(2-5-14-11)12-8-13-10/h8,14H,2-7H2,1H3,(H,12,13). The maximum Gasteiger partial charge on any atom is 0.0926 e. The highest BCUT2D eigenvalue weighted by molar-refractivity contribution is 5.26. The Labute approximate surface area is 90.1 Å². The van der Waals surface area contributed by atoms with E-state index in [0.29, 0.717) is 0 Å². The summed E-state index contributed by atoms with van der Waals surface area (Å²) < 4.78 is 0. The van der Waals surface area contributed by atoms with Crippen molar-refractivity contribution in [3.05, 3.63) is 17.7 Å². The molecule has 0 unspecified atom stereocenters. The molecule has 2 N–H and O–H groups in total. The predicted octanol–water partition coefficient (Wildman–Crippen LogP) is 0.476. The second kappa shape index (κ2) is 3.32. The topological polar surface area (TPSA) is 44.0 Å². The Hall–Kier alpha value is -0.870. The largest absolute Gasteiger partial charge is 0.348 e. The number of fused-ring (bicyclic) bond motifs is 2. The number of nitrogens with zero attached hydrogens (tertiary/aromatic N) is 2. The van der Waals surface area contributed by atoms with Gasteiger partial charge in [0.1, 0.15) is 0 Å². The van der Waals surface area contributed by atoms with Crippen LogP contribution in [0.15, 0.2) is 6.33 Å². The highest BCUT2D eigenvalue weighted by Gasteiger charge is 2.40. The molecule has 15 heavy (non-hydrogen) atoms. The molecule has 1 saturated heterocycles. The maximum absolute atomic E-state index is 4.52. The first-order chi connectivity index (χ1) is 7.30. The Kier molecular flexibility index (Phi) is 2.07. The van der Waals surface area contributed by atoms with E-state index in [-0.39, 0.29) is 5.54 Å². The fourth-order valence-corrected chi connectivity index (χ4v) is 2.85. The van der Waals surface area contributed by atoms with E-state index in [0.717, 1.165) is 13.0 Å². The van der Waals surface area contributed by atoms with Crippen molar-refractivity contribution >= 4 is 0 Å². The molecule has 2 aliphatic rings. The molecule has 0 bridgehead atoms. The van der Waals surface area contributed by atoms with E-state index in [1.165, 1.54) is 37.3 Å². The SMILES string of the molecule is CN1CCC2(CC1)NCCc1[nH]cnc12. The van der Waals surface area contributed by atoms with Crippen molar-refractivity contribution < 1.29 is 0 Å². The summed E-state index contributed by atoms with van der Waals surface area (Å²) in [7, 11) is 2.20. The van der Waals surface area contributed by atoms with Crippen LogP contribution in [0, 0.1) is 0 Å². The molecule has 0 amide bonds. The molecule has 1 aromatic heterocycles. The van der Waals surface area contributed by atoms with Gasteiger partial charge in [-0.25, -0.2) is 4.98 Å². The fourth-order valence-electron chi connectivity index (χ4n) is 2.85. The van der Waals surface area contributed by atoms with Crippen molar-refractivity contribution in [2.45, 2.75) is 24.8 Å². The summed E-state index contributed by atoms with van der Waals surface area (Å²) >= 11 is 0. The van der Waals surface area contributed by atoms with Crippen LogP contribution in [0.2, 0.25) is 0 Å². The minimum Gasteiger partial charge on any atom is -0.348 e. The molecular formula is C11H18N4. The van der Waals surface area contributed by atoms with Gasteiger partial charge in [-0.2, -0.15) is 0 Å². The zero-order chi connectivity index (χ0) is 10.3. The Morgan fingerprint density at radius 1 is 1.40 bits per heavy atom.